The second-order valence-corrected chi connectivity index (χ2v) is 8.06. The minimum atomic E-state index is -3.78. The van der Waals surface area contributed by atoms with Crippen LogP contribution in [-0.2, 0) is 10.0 Å². The molecule has 0 bridgehead atoms. The minimum absolute atomic E-state index is 0.0377. The van der Waals surface area contributed by atoms with Crippen LogP contribution in [0.15, 0.2) is 83.8 Å². The predicted molar refractivity (Wildman–Crippen MR) is 110 cm³/mol. The van der Waals surface area contributed by atoms with Crippen LogP contribution in [-0.4, -0.2) is 26.3 Å². The fourth-order valence-corrected chi connectivity index (χ4v) is 3.81. The molecule has 0 radical (unpaired) electrons. The van der Waals surface area contributed by atoms with Crippen molar-refractivity contribution >= 4 is 33.0 Å². The van der Waals surface area contributed by atoms with E-state index in [1.807, 2.05) is 0 Å². The summed E-state index contributed by atoms with van der Waals surface area (Å²) in [7, 11) is -2.33. The van der Waals surface area contributed by atoms with Crippen LogP contribution in [0.1, 0.15) is 10.4 Å². The minimum Gasteiger partial charge on any atom is -0.322 e. The van der Waals surface area contributed by atoms with Crippen molar-refractivity contribution < 1.29 is 18.1 Å². The zero-order valence-corrected chi connectivity index (χ0v) is 16.2. The summed E-state index contributed by atoms with van der Waals surface area (Å²) in [5.41, 5.74) is 0.857. The van der Waals surface area contributed by atoms with E-state index in [0.717, 1.165) is 4.31 Å². The Labute approximate surface area is 167 Å². The monoisotopic (exact) mass is 411 g/mol. The van der Waals surface area contributed by atoms with Crippen LogP contribution in [0.3, 0.4) is 0 Å². The highest BCUT2D eigenvalue weighted by atomic mass is 32.2. The molecule has 0 aliphatic heterocycles. The van der Waals surface area contributed by atoms with Gasteiger partial charge in [0.25, 0.3) is 21.6 Å². The molecule has 0 saturated carbocycles. The van der Waals surface area contributed by atoms with E-state index in [1.165, 1.54) is 55.6 Å². The van der Waals surface area contributed by atoms with Crippen LogP contribution < -0.4 is 9.62 Å². The summed E-state index contributed by atoms with van der Waals surface area (Å²) in [4.78, 5) is 22.7. The first-order chi connectivity index (χ1) is 13.8. The first-order valence-electron chi connectivity index (χ1n) is 8.49. The molecule has 0 fully saturated rings. The van der Waals surface area contributed by atoms with Gasteiger partial charge in [0.1, 0.15) is 0 Å². The molecule has 0 spiro atoms. The zero-order chi connectivity index (χ0) is 21.0. The van der Waals surface area contributed by atoms with Gasteiger partial charge in [0.2, 0.25) is 0 Å². The first kappa shape index (κ1) is 20.0. The van der Waals surface area contributed by atoms with E-state index in [0.29, 0.717) is 5.69 Å². The van der Waals surface area contributed by atoms with Gasteiger partial charge in [0.15, 0.2) is 0 Å². The molecule has 0 atom stereocenters. The van der Waals surface area contributed by atoms with Crippen LogP contribution in [0, 0.1) is 10.1 Å². The molecule has 0 aliphatic carbocycles. The molecule has 0 saturated heterocycles. The number of para-hydroxylation sites is 1. The van der Waals surface area contributed by atoms with Gasteiger partial charge in [-0.25, -0.2) is 8.42 Å². The van der Waals surface area contributed by atoms with Crippen molar-refractivity contribution in [1.29, 1.82) is 0 Å². The van der Waals surface area contributed by atoms with Gasteiger partial charge in [0.05, 0.1) is 15.5 Å². The number of hydrogen-bond acceptors (Lipinski definition) is 5. The Bertz CT molecular complexity index is 1150. The second kappa shape index (κ2) is 8.11. The smallest absolute Gasteiger partial charge is 0.271 e. The summed E-state index contributed by atoms with van der Waals surface area (Å²) in [5.74, 6) is -0.508. The van der Waals surface area contributed by atoms with Crippen LogP contribution in [0.25, 0.3) is 0 Å². The Kier molecular flexibility index (Phi) is 5.60. The molecule has 29 heavy (non-hydrogen) atoms. The number of anilines is 2. The molecule has 1 amide bonds. The number of nitrogens with zero attached hydrogens (tertiary/aromatic N) is 2. The maximum absolute atomic E-state index is 12.8. The standard InChI is InChI=1S/C20H17N3O5S/c1-22(17-7-3-2-4-8-17)29(27,28)19-12-10-15(11-13-19)20(24)21-16-6-5-9-18(14-16)23(25)26/h2-14H,1H3,(H,21,24). The predicted octanol–water partition coefficient (Wildman–Crippen LogP) is 3.67. The fraction of sp³-hybridized carbons (Fsp3) is 0.0500. The zero-order valence-electron chi connectivity index (χ0n) is 15.3. The molecule has 3 aromatic carbocycles. The Balaban J connectivity index is 1.78. The third kappa shape index (κ3) is 4.41. The van der Waals surface area contributed by atoms with Crippen molar-refractivity contribution in [1.82, 2.24) is 0 Å². The van der Waals surface area contributed by atoms with Crippen LogP contribution in [0.5, 0.6) is 0 Å². The lowest BCUT2D eigenvalue weighted by Crippen LogP contribution is -2.26. The van der Waals surface area contributed by atoms with Crippen molar-refractivity contribution in [2.75, 3.05) is 16.7 Å². The highest BCUT2D eigenvalue weighted by Crippen LogP contribution is 2.22. The number of nitro benzene ring substituents is 1. The summed E-state index contributed by atoms with van der Waals surface area (Å²) in [5, 5.41) is 13.4. The van der Waals surface area contributed by atoms with E-state index in [2.05, 4.69) is 5.32 Å². The van der Waals surface area contributed by atoms with Crippen molar-refractivity contribution in [3.63, 3.8) is 0 Å². The molecule has 0 aromatic heterocycles. The number of nitrogens with one attached hydrogen (secondary N) is 1. The van der Waals surface area contributed by atoms with Gasteiger partial charge in [-0.1, -0.05) is 24.3 Å². The summed E-state index contributed by atoms with van der Waals surface area (Å²) in [6, 6.07) is 19.6. The molecular weight excluding hydrogens is 394 g/mol. The molecule has 0 aliphatic rings. The number of non-ortho nitro benzene ring substituents is 1. The Morgan fingerprint density at radius 2 is 1.62 bits per heavy atom. The van der Waals surface area contributed by atoms with Crippen molar-refractivity contribution in [2.45, 2.75) is 4.90 Å². The van der Waals surface area contributed by atoms with E-state index in [-0.39, 0.29) is 21.8 Å². The van der Waals surface area contributed by atoms with Crippen molar-refractivity contribution in [3.05, 3.63) is 94.5 Å². The van der Waals surface area contributed by atoms with E-state index < -0.39 is 20.9 Å². The van der Waals surface area contributed by atoms with E-state index in [1.54, 1.807) is 30.3 Å². The van der Waals surface area contributed by atoms with Gasteiger partial charge < -0.3 is 5.32 Å². The summed E-state index contributed by atoms with van der Waals surface area (Å²) in [6.07, 6.45) is 0. The average molecular weight is 411 g/mol. The molecule has 9 heteroatoms. The molecule has 1 N–H and O–H groups in total. The molecule has 3 aromatic rings. The third-order valence-electron chi connectivity index (χ3n) is 4.21. The summed E-state index contributed by atoms with van der Waals surface area (Å²) >= 11 is 0. The largest absolute Gasteiger partial charge is 0.322 e. The summed E-state index contributed by atoms with van der Waals surface area (Å²) < 4.78 is 26.7. The third-order valence-corrected chi connectivity index (χ3v) is 6.01. The molecule has 8 nitrogen and oxygen atoms in total. The Hall–Kier alpha value is -3.72. The van der Waals surface area contributed by atoms with Crippen molar-refractivity contribution in [3.8, 4) is 0 Å². The van der Waals surface area contributed by atoms with Crippen LogP contribution in [0.4, 0.5) is 17.1 Å². The van der Waals surface area contributed by atoms with Crippen LogP contribution in [0.2, 0.25) is 0 Å². The average Bonchev–Trinajstić information content (AvgIpc) is 2.74. The SMILES string of the molecule is CN(c1ccccc1)S(=O)(=O)c1ccc(C(=O)Nc2cccc([N+](=O)[O-])c2)cc1. The van der Waals surface area contributed by atoms with Crippen molar-refractivity contribution in [2.24, 2.45) is 0 Å². The Morgan fingerprint density at radius 1 is 0.966 bits per heavy atom. The number of amides is 1. The number of benzene rings is 3. The number of sulfonamides is 1. The van der Waals surface area contributed by atoms with Gasteiger partial charge in [-0.15, -0.1) is 0 Å². The normalized spacial score (nSPS) is 10.9. The number of nitro groups is 1. The maximum Gasteiger partial charge on any atom is 0.271 e. The molecular formula is C20H17N3O5S. The van der Waals surface area contributed by atoms with Gasteiger partial charge in [-0.05, 0) is 42.5 Å². The summed E-state index contributed by atoms with van der Waals surface area (Å²) in [6.45, 7) is 0. The Morgan fingerprint density at radius 3 is 2.24 bits per heavy atom. The van der Waals surface area contributed by atoms with Gasteiger partial charge in [-0.3, -0.25) is 19.2 Å². The van der Waals surface area contributed by atoms with E-state index >= 15 is 0 Å². The highest BCUT2D eigenvalue weighted by molar-refractivity contribution is 7.92. The van der Waals surface area contributed by atoms with Gasteiger partial charge >= 0.3 is 0 Å². The quantitative estimate of drug-likeness (QED) is 0.492. The van der Waals surface area contributed by atoms with Crippen LogP contribution >= 0.6 is 0 Å². The highest BCUT2D eigenvalue weighted by Gasteiger charge is 2.21. The number of rotatable bonds is 6. The lowest BCUT2D eigenvalue weighted by Gasteiger charge is -2.19. The van der Waals surface area contributed by atoms with Gasteiger partial charge in [-0.2, -0.15) is 0 Å². The number of carbonyl (C=O) groups is 1. The topological polar surface area (TPSA) is 110 Å². The molecule has 3 rings (SSSR count). The first-order valence-corrected chi connectivity index (χ1v) is 9.93. The lowest BCUT2D eigenvalue weighted by molar-refractivity contribution is -0.384. The number of hydrogen-bond donors (Lipinski definition) is 1. The maximum atomic E-state index is 12.8. The fourth-order valence-electron chi connectivity index (χ4n) is 2.61. The molecule has 0 heterocycles. The molecule has 148 valence electrons. The molecule has 0 unspecified atom stereocenters. The van der Waals surface area contributed by atoms with E-state index in [4.69, 9.17) is 0 Å². The number of carbonyl (C=O) groups excluding carboxylic acids is 1. The lowest BCUT2D eigenvalue weighted by atomic mass is 10.2. The van der Waals surface area contributed by atoms with Gasteiger partial charge in [0, 0.05) is 30.4 Å². The second-order valence-electron chi connectivity index (χ2n) is 6.09. The van der Waals surface area contributed by atoms with E-state index in [9.17, 15) is 23.3 Å².